The number of rotatable bonds is 2. The minimum atomic E-state index is -1.62. The summed E-state index contributed by atoms with van der Waals surface area (Å²) in [5, 5.41) is 19.6. The van der Waals surface area contributed by atoms with Crippen LogP contribution in [0.2, 0.25) is 0 Å². The van der Waals surface area contributed by atoms with Gasteiger partial charge in [0.15, 0.2) is 12.4 Å². The molecule has 8 heteroatoms. The minimum Gasteiger partial charge on any atom is -0.394 e. The maximum Gasteiger partial charge on any atom is 0.173 e. The Balaban J connectivity index is 2.10. The van der Waals surface area contributed by atoms with Crippen molar-refractivity contribution in [3.05, 3.63) is 21.8 Å². The maximum absolute atomic E-state index is 14.2. The molecule has 20 heavy (non-hydrogen) atoms. The predicted octanol–water partition coefficient (Wildman–Crippen LogP) is 0.933. The van der Waals surface area contributed by atoms with Crippen LogP contribution in [0.5, 0.6) is 0 Å². The van der Waals surface area contributed by atoms with Crippen LogP contribution in [0.3, 0.4) is 0 Å². The first-order chi connectivity index (χ1) is 9.54. The summed E-state index contributed by atoms with van der Waals surface area (Å²) in [6.45, 7) is 1.42. The molecule has 0 aliphatic carbocycles. The van der Waals surface area contributed by atoms with Crippen LogP contribution in [0.25, 0.3) is 11.0 Å². The summed E-state index contributed by atoms with van der Waals surface area (Å²) in [5.74, 6) is 0. The van der Waals surface area contributed by atoms with Crippen LogP contribution in [0, 0.1) is 10.5 Å². The fourth-order valence-electron chi connectivity index (χ4n) is 2.46. The summed E-state index contributed by atoms with van der Waals surface area (Å²) < 4.78 is 22.0. The van der Waals surface area contributed by atoms with Gasteiger partial charge < -0.3 is 19.5 Å². The third-order valence-electron chi connectivity index (χ3n) is 3.50. The first-order valence-electron chi connectivity index (χ1n) is 6.10. The molecule has 1 saturated heterocycles. The molecule has 2 aromatic rings. The minimum absolute atomic E-state index is 0.428. The number of aromatic nitrogens is 3. The standard InChI is InChI=1S/C12H13FIN3O3/c1-5-8-6(14)2-17(11(8)16-4-15-5)12-9(13)10(19)7(3-18)20-12/h2,4,7,9-10,12,18-19H,3H2,1H3/t7-,9+,10-,12-/m1/s1. The van der Waals surface area contributed by atoms with E-state index in [2.05, 4.69) is 32.6 Å². The zero-order valence-corrected chi connectivity index (χ0v) is 12.7. The fourth-order valence-corrected chi connectivity index (χ4v) is 3.39. The van der Waals surface area contributed by atoms with Crippen LogP contribution >= 0.6 is 22.6 Å². The number of alkyl halides is 1. The maximum atomic E-state index is 14.2. The molecule has 0 bridgehead atoms. The molecule has 3 rings (SSSR count). The quantitative estimate of drug-likeness (QED) is 0.743. The molecule has 2 N–H and O–H groups in total. The van der Waals surface area contributed by atoms with Crippen molar-refractivity contribution in [3.63, 3.8) is 0 Å². The number of ether oxygens (including phenoxy) is 1. The van der Waals surface area contributed by atoms with Crippen LogP contribution in [0.15, 0.2) is 12.5 Å². The summed E-state index contributed by atoms with van der Waals surface area (Å²) in [4.78, 5) is 8.29. The van der Waals surface area contributed by atoms with Crippen LogP contribution in [-0.4, -0.2) is 49.7 Å². The van der Waals surface area contributed by atoms with Crippen LogP contribution in [-0.2, 0) is 4.74 Å². The van der Waals surface area contributed by atoms with Crippen molar-refractivity contribution < 1.29 is 19.3 Å². The monoisotopic (exact) mass is 393 g/mol. The zero-order valence-electron chi connectivity index (χ0n) is 10.6. The normalized spacial score (nSPS) is 30.2. The molecule has 1 aliphatic heterocycles. The van der Waals surface area contributed by atoms with Crippen LogP contribution in [0.1, 0.15) is 11.9 Å². The summed E-state index contributed by atoms with van der Waals surface area (Å²) in [6.07, 6.45) is -1.75. The van der Waals surface area contributed by atoms with Gasteiger partial charge in [0.1, 0.15) is 24.2 Å². The molecule has 0 aromatic carbocycles. The van der Waals surface area contributed by atoms with Gasteiger partial charge in [-0.25, -0.2) is 14.4 Å². The van der Waals surface area contributed by atoms with Gasteiger partial charge in [-0.1, -0.05) is 0 Å². The van der Waals surface area contributed by atoms with Gasteiger partial charge in [0.05, 0.1) is 17.7 Å². The van der Waals surface area contributed by atoms with E-state index in [-0.39, 0.29) is 0 Å². The number of halogens is 2. The number of aliphatic hydroxyl groups is 2. The fraction of sp³-hybridized carbons (Fsp3) is 0.500. The zero-order chi connectivity index (χ0) is 14.4. The highest BCUT2D eigenvalue weighted by Crippen LogP contribution is 2.35. The average molecular weight is 393 g/mol. The Morgan fingerprint density at radius 1 is 1.50 bits per heavy atom. The topological polar surface area (TPSA) is 80.4 Å². The molecule has 0 amide bonds. The molecule has 0 spiro atoms. The highest BCUT2D eigenvalue weighted by Gasteiger charge is 2.45. The van der Waals surface area contributed by atoms with E-state index < -0.39 is 31.2 Å². The van der Waals surface area contributed by atoms with Crippen LogP contribution < -0.4 is 0 Å². The van der Waals surface area contributed by atoms with Gasteiger partial charge in [0.25, 0.3) is 0 Å². The van der Waals surface area contributed by atoms with E-state index in [1.54, 1.807) is 10.8 Å². The molecule has 108 valence electrons. The van der Waals surface area contributed by atoms with E-state index in [0.29, 0.717) is 5.65 Å². The number of fused-ring (bicyclic) bond motifs is 1. The Bertz CT molecular complexity index is 650. The highest BCUT2D eigenvalue weighted by atomic mass is 127. The molecule has 6 nitrogen and oxygen atoms in total. The van der Waals surface area contributed by atoms with Crippen molar-refractivity contribution in [1.29, 1.82) is 0 Å². The van der Waals surface area contributed by atoms with Gasteiger partial charge in [-0.2, -0.15) is 0 Å². The Morgan fingerprint density at radius 3 is 2.90 bits per heavy atom. The Hall–Kier alpha value is -0.840. The summed E-state index contributed by atoms with van der Waals surface area (Å²) in [7, 11) is 0. The van der Waals surface area contributed by atoms with E-state index >= 15 is 0 Å². The Labute approximate surface area is 127 Å². The van der Waals surface area contributed by atoms with Gasteiger partial charge in [-0.05, 0) is 29.5 Å². The number of hydrogen-bond acceptors (Lipinski definition) is 5. The van der Waals surface area contributed by atoms with E-state index in [1.165, 1.54) is 6.33 Å². The van der Waals surface area contributed by atoms with Gasteiger partial charge in [0.2, 0.25) is 0 Å². The number of aryl methyl sites for hydroxylation is 1. The summed E-state index contributed by atoms with van der Waals surface area (Å²) in [5.41, 5.74) is 1.35. The van der Waals surface area contributed by atoms with Crippen molar-refractivity contribution in [2.45, 2.75) is 31.5 Å². The largest absolute Gasteiger partial charge is 0.394 e. The van der Waals surface area contributed by atoms with E-state index in [9.17, 15) is 9.50 Å². The van der Waals surface area contributed by atoms with E-state index in [0.717, 1.165) is 14.7 Å². The number of hydrogen-bond donors (Lipinski definition) is 2. The smallest absolute Gasteiger partial charge is 0.173 e. The van der Waals surface area contributed by atoms with Crippen molar-refractivity contribution in [2.75, 3.05) is 6.61 Å². The van der Waals surface area contributed by atoms with E-state index in [4.69, 9.17) is 9.84 Å². The second-order valence-electron chi connectivity index (χ2n) is 4.72. The molecular formula is C12H13FIN3O3. The molecule has 0 unspecified atom stereocenters. The third kappa shape index (κ3) is 2.01. The first kappa shape index (κ1) is 14.1. The molecule has 0 saturated carbocycles. The predicted molar refractivity (Wildman–Crippen MR) is 76.9 cm³/mol. The molecule has 1 aliphatic rings. The van der Waals surface area contributed by atoms with Crippen molar-refractivity contribution in [2.24, 2.45) is 0 Å². The van der Waals surface area contributed by atoms with Crippen LogP contribution in [0.4, 0.5) is 4.39 Å². The van der Waals surface area contributed by atoms with Crippen molar-refractivity contribution in [1.82, 2.24) is 14.5 Å². The van der Waals surface area contributed by atoms with Gasteiger partial charge in [-0.3, -0.25) is 0 Å². The molecule has 3 heterocycles. The molecular weight excluding hydrogens is 380 g/mol. The second kappa shape index (κ2) is 5.17. The van der Waals surface area contributed by atoms with Gasteiger partial charge in [0, 0.05) is 9.77 Å². The lowest BCUT2D eigenvalue weighted by Crippen LogP contribution is -2.30. The number of aliphatic hydroxyl groups excluding tert-OH is 2. The Kier molecular flexibility index (Phi) is 3.65. The average Bonchev–Trinajstić information content (AvgIpc) is 2.90. The SMILES string of the molecule is Cc1ncnc2c1c(I)cn2[C@@H]1O[C@H](CO)[C@@H](O)[C@@H]1F. The lowest BCUT2D eigenvalue weighted by molar-refractivity contribution is -0.0457. The molecule has 1 fully saturated rings. The second-order valence-corrected chi connectivity index (χ2v) is 5.89. The van der Waals surface area contributed by atoms with E-state index in [1.807, 2.05) is 6.92 Å². The molecule has 2 aromatic heterocycles. The van der Waals surface area contributed by atoms with Crippen molar-refractivity contribution >= 4 is 33.6 Å². The third-order valence-corrected chi connectivity index (χ3v) is 4.32. The molecule has 4 atom stereocenters. The summed E-state index contributed by atoms with van der Waals surface area (Å²) in [6, 6.07) is 0. The lowest BCUT2D eigenvalue weighted by Gasteiger charge is -2.15. The van der Waals surface area contributed by atoms with Crippen molar-refractivity contribution in [3.8, 4) is 0 Å². The van der Waals surface area contributed by atoms with Gasteiger partial charge in [-0.15, -0.1) is 0 Å². The highest BCUT2D eigenvalue weighted by molar-refractivity contribution is 14.1. The molecule has 0 radical (unpaired) electrons. The first-order valence-corrected chi connectivity index (χ1v) is 7.18. The number of nitrogens with zero attached hydrogens (tertiary/aromatic N) is 3. The lowest BCUT2D eigenvalue weighted by atomic mass is 10.1. The summed E-state index contributed by atoms with van der Waals surface area (Å²) >= 11 is 2.13. The Morgan fingerprint density at radius 2 is 2.25 bits per heavy atom. The van der Waals surface area contributed by atoms with Gasteiger partial charge >= 0.3 is 0 Å².